The predicted octanol–water partition coefficient (Wildman–Crippen LogP) is 2.19. The van der Waals surface area contributed by atoms with Crippen LogP contribution in [0, 0.1) is 0 Å². The second kappa shape index (κ2) is 11.6. The van der Waals surface area contributed by atoms with Gasteiger partial charge >= 0.3 is 11.9 Å². The molecule has 140 valence electrons. The Morgan fingerprint density at radius 3 is 2.08 bits per heavy atom. The molecule has 1 atom stereocenters. The minimum atomic E-state index is -1.82. The van der Waals surface area contributed by atoms with Crippen LogP contribution in [-0.4, -0.2) is 70.7 Å². The maximum Gasteiger partial charge on any atom is 0.414 e. The highest BCUT2D eigenvalue weighted by molar-refractivity contribution is 6.27. The summed E-state index contributed by atoms with van der Waals surface area (Å²) in [5, 5.41) is 14.8. The molecule has 0 aliphatic carbocycles. The smallest absolute Gasteiger partial charge is 0.414 e. The first-order valence-corrected chi connectivity index (χ1v) is 8.90. The standard InChI is InChI=1S/C17H28N2.C2H2O4/c1-3-16(2)19-14-12-18(13-15-19)11-7-10-17-8-5-4-6-9-17;3-1(4)2(5)6/h4-6,8-9,16H,3,7,10-15H2,1-2H3;(H,3,4)(H,5,6). The lowest BCUT2D eigenvalue weighted by atomic mass is 10.1. The molecule has 2 N–H and O–H groups in total. The van der Waals surface area contributed by atoms with Gasteiger partial charge in [0.15, 0.2) is 0 Å². The number of benzene rings is 1. The number of aliphatic carboxylic acids is 2. The van der Waals surface area contributed by atoms with Crippen molar-refractivity contribution in [3.63, 3.8) is 0 Å². The van der Waals surface area contributed by atoms with Gasteiger partial charge in [0, 0.05) is 32.2 Å². The van der Waals surface area contributed by atoms with Crippen molar-refractivity contribution in [2.45, 2.75) is 39.2 Å². The molecule has 0 amide bonds. The Morgan fingerprint density at radius 2 is 1.60 bits per heavy atom. The molecule has 1 fully saturated rings. The minimum absolute atomic E-state index is 0.756. The number of piperazine rings is 1. The number of hydrogen-bond acceptors (Lipinski definition) is 4. The van der Waals surface area contributed by atoms with Crippen molar-refractivity contribution < 1.29 is 19.8 Å². The van der Waals surface area contributed by atoms with Gasteiger partial charge in [-0.25, -0.2) is 9.59 Å². The van der Waals surface area contributed by atoms with Crippen LogP contribution in [0.15, 0.2) is 30.3 Å². The van der Waals surface area contributed by atoms with E-state index in [9.17, 15) is 0 Å². The van der Waals surface area contributed by atoms with Crippen LogP contribution in [0.3, 0.4) is 0 Å². The Kier molecular flexibility index (Phi) is 9.80. The Balaban J connectivity index is 0.000000450. The molecular formula is C19H30N2O4. The summed E-state index contributed by atoms with van der Waals surface area (Å²) in [5.41, 5.74) is 1.47. The third kappa shape index (κ3) is 8.65. The van der Waals surface area contributed by atoms with Gasteiger partial charge in [-0.3, -0.25) is 4.90 Å². The molecule has 0 spiro atoms. The number of carbonyl (C=O) groups is 2. The van der Waals surface area contributed by atoms with Gasteiger partial charge in [0.25, 0.3) is 0 Å². The molecular weight excluding hydrogens is 320 g/mol. The average molecular weight is 350 g/mol. The molecule has 1 aromatic carbocycles. The van der Waals surface area contributed by atoms with Gasteiger partial charge in [0.2, 0.25) is 0 Å². The number of hydrogen-bond donors (Lipinski definition) is 2. The fourth-order valence-corrected chi connectivity index (χ4v) is 2.84. The maximum absolute atomic E-state index is 9.10. The quantitative estimate of drug-likeness (QED) is 0.766. The van der Waals surface area contributed by atoms with Crippen molar-refractivity contribution >= 4 is 11.9 Å². The number of aryl methyl sites for hydroxylation is 1. The van der Waals surface area contributed by atoms with Crippen LogP contribution in [0.5, 0.6) is 0 Å². The lowest BCUT2D eigenvalue weighted by Crippen LogP contribution is -2.49. The number of carboxylic acid groups (broad SMARTS) is 2. The van der Waals surface area contributed by atoms with Crippen LogP contribution >= 0.6 is 0 Å². The molecule has 1 aliphatic heterocycles. The summed E-state index contributed by atoms with van der Waals surface area (Å²) in [6.45, 7) is 10.9. The summed E-state index contributed by atoms with van der Waals surface area (Å²) >= 11 is 0. The van der Waals surface area contributed by atoms with E-state index in [1.165, 1.54) is 57.5 Å². The second-order valence-corrected chi connectivity index (χ2v) is 6.33. The van der Waals surface area contributed by atoms with E-state index in [0.29, 0.717) is 0 Å². The van der Waals surface area contributed by atoms with Gasteiger partial charge in [-0.2, -0.15) is 0 Å². The van der Waals surface area contributed by atoms with E-state index in [1.807, 2.05) is 0 Å². The van der Waals surface area contributed by atoms with Crippen LogP contribution in [0.2, 0.25) is 0 Å². The largest absolute Gasteiger partial charge is 0.473 e. The topological polar surface area (TPSA) is 81.1 Å². The number of nitrogens with zero attached hydrogens (tertiary/aromatic N) is 2. The molecule has 6 nitrogen and oxygen atoms in total. The van der Waals surface area contributed by atoms with Crippen LogP contribution in [0.1, 0.15) is 32.3 Å². The van der Waals surface area contributed by atoms with Crippen molar-refractivity contribution in [3.8, 4) is 0 Å². The van der Waals surface area contributed by atoms with Crippen LogP contribution < -0.4 is 0 Å². The summed E-state index contributed by atoms with van der Waals surface area (Å²) in [6, 6.07) is 11.6. The summed E-state index contributed by atoms with van der Waals surface area (Å²) in [7, 11) is 0. The lowest BCUT2D eigenvalue weighted by molar-refractivity contribution is -0.159. The van der Waals surface area contributed by atoms with Crippen molar-refractivity contribution in [1.82, 2.24) is 9.80 Å². The van der Waals surface area contributed by atoms with E-state index in [0.717, 1.165) is 6.04 Å². The second-order valence-electron chi connectivity index (χ2n) is 6.33. The van der Waals surface area contributed by atoms with Gasteiger partial charge in [0.1, 0.15) is 0 Å². The van der Waals surface area contributed by atoms with Gasteiger partial charge < -0.3 is 15.1 Å². The van der Waals surface area contributed by atoms with Gasteiger partial charge in [0.05, 0.1) is 0 Å². The lowest BCUT2D eigenvalue weighted by Gasteiger charge is -2.37. The molecule has 2 rings (SSSR count). The van der Waals surface area contributed by atoms with E-state index < -0.39 is 11.9 Å². The van der Waals surface area contributed by atoms with E-state index in [-0.39, 0.29) is 0 Å². The molecule has 1 heterocycles. The highest BCUT2D eigenvalue weighted by Gasteiger charge is 2.19. The van der Waals surface area contributed by atoms with Gasteiger partial charge in [-0.15, -0.1) is 0 Å². The first kappa shape index (κ1) is 21.1. The van der Waals surface area contributed by atoms with Crippen LogP contribution in [-0.2, 0) is 16.0 Å². The van der Waals surface area contributed by atoms with E-state index >= 15 is 0 Å². The van der Waals surface area contributed by atoms with Crippen molar-refractivity contribution in [1.29, 1.82) is 0 Å². The zero-order valence-electron chi connectivity index (χ0n) is 15.2. The van der Waals surface area contributed by atoms with Crippen molar-refractivity contribution in [2.24, 2.45) is 0 Å². The third-order valence-electron chi connectivity index (χ3n) is 4.59. The highest BCUT2D eigenvalue weighted by atomic mass is 16.4. The Morgan fingerprint density at radius 1 is 1.04 bits per heavy atom. The van der Waals surface area contributed by atoms with E-state index in [1.54, 1.807) is 0 Å². The summed E-state index contributed by atoms with van der Waals surface area (Å²) < 4.78 is 0. The molecule has 6 heteroatoms. The molecule has 0 bridgehead atoms. The highest BCUT2D eigenvalue weighted by Crippen LogP contribution is 2.10. The summed E-state index contributed by atoms with van der Waals surface area (Å²) in [4.78, 5) is 23.5. The first-order valence-electron chi connectivity index (χ1n) is 8.90. The number of rotatable bonds is 6. The Labute approximate surface area is 150 Å². The van der Waals surface area contributed by atoms with Gasteiger partial charge in [-0.1, -0.05) is 37.3 Å². The van der Waals surface area contributed by atoms with E-state index in [2.05, 4.69) is 54.0 Å². The summed E-state index contributed by atoms with van der Waals surface area (Å²) in [5.74, 6) is -3.65. The molecule has 1 unspecified atom stereocenters. The van der Waals surface area contributed by atoms with Crippen LogP contribution in [0.25, 0.3) is 0 Å². The molecule has 1 aromatic rings. The predicted molar refractivity (Wildman–Crippen MR) is 97.8 cm³/mol. The van der Waals surface area contributed by atoms with Gasteiger partial charge in [-0.05, 0) is 38.3 Å². The molecule has 25 heavy (non-hydrogen) atoms. The molecule has 1 aliphatic rings. The SMILES string of the molecule is CCC(C)N1CCN(CCCc2ccccc2)CC1.O=C(O)C(=O)O. The maximum atomic E-state index is 9.10. The number of carboxylic acids is 2. The normalized spacial score (nSPS) is 16.6. The monoisotopic (exact) mass is 350 g/mol. The fraction of sp³-hybridized carbons (Fsp3) is 0.579. The molecule has 0 radical (unpaired) electrons. The Bertz CT molecular complexity index is 501. The van der Waals surface area contributed by atoms with Crippen molar-refractivity contribution in [3.05, 3.63) is 35.9 Å². The average Bonchev–Trinajstić information content (AvgIpc) is 2.63. The van der Waals surface area contributed by atoms with Crippen LogP contribution in [0.4, 0.5) is 0 Å². The zero-order chi connectivity index (χ0) is 18.7. The fourth-order valence-electron chi connectivity index (χ4n) is 2.84. The minimum Gasteiger partial charge on any atom is -0.473 e. The molecule has 0 saturated carbocycles. The zero-order valence-corrected chi connectivity index (χ0v) is 15.2. The first-order chi connectivity index (χ1) is 11.9. The molecule has 0 aromatic heterocycles. The third-order valence-corrected chi connectivity index (χ3v) is 4.59. The summed E-state index contributed by atoms with van der Waals surface area (Å²) in [6.07, 6.45) is 3.77. The Hall–Kier alpha value is -1.92. The van der Waals surface area contributed by atoms with E-state index in [4.69, 9.17) is 19.8 Å². The van der Waals surface area contributed by atoms with Crippen molar-refractivity contribution in [2.75, 3.05) is 32.7 Å². The molecule has 1 saturated heterocycles.